The fourth-order valence-corrected chi connectivity index (χ4v) is 4.47. The van der Waals surface area contributed by atoms with Crippen molar-refractivity contribution in [2.45, 2.75) is 57.7 Å². The molecule has 2 unspecified atom stereocenters. The molecule has 2 aromatic rings. The van der Waals surface area contributed by atoms with Crippen LogP contribution in [0.3, 0.4) is 0 Å². The lowest BCUT2D eigenvalue weighted by Crippen LogP contribution is -2.25. The number of hydrogen-bond acceptors (Lipinski definition) is 4. The van der Waals surface area contributed by atoms with Crippen molar-refractivity contribution in [3.05, 3.63) is 71.8 Å². The van der Waals surface area contributed by atoms with E-state index in [1.165, 1.54) is 16.9 Å². The molecule has 0 saturated heterocycles. The van der Waals surface area contributed by atoms with E-state index in [1.54, 1.807) is 0 Å². The van der Waals surface area contributed by atoms with E-state index in [0.29, 0.717) is 6.61 Å². The largest absolute Gasteiger partial charge is 0.378 e. The van der Waals surface area contributed by atoms with Crippen LogP contribution in [0.2, 0.25) is 0 Å². The molecule has 0 aliphatic rings. The molecule has 166 valence electrons. The molecule has 2 rings (SSSR count). The lowest BCUT2D eigenvalue weighted by Gasteiger charge is -2.23. The molecule has 0 aliphatic heterocycles. The molecule has 0 amide bonds. The molecule has 0 spiro atoms. The van der Waals surface area contributed by atoms with Gasteiger partial charge in [-0.2, -0.15) is 24.4 Å². The number of ether oxygens (including phenoxy) is 2. The fraction of sp³-hybridized carbons (Fsp3) is 0.538. The summed E-state index contributed by atoms with van der Waals surface area (Å²) in [7, 11) is 0. The van der Waals surface area contributed by atoms with Gasteiger partial charge in [-0.05, 0) is 61.2 Å². The highest BCUT2D eigenvalue weighted by atomic mass is 32.2. The van der Waals surface area contributed by atoms with Gasteiger partial charge >= 0.3 is 0 Å². The number of benzene rings is 2. The normalized spacial score (nSPS) is 13.3. The molecule has 2 nitrogen and oxygen atoms in total. The summed E-state index contributed by atoms with van der Waals surface area (Å²) in [6, 6.07) is 21.4. The molecule has 0 aromatic heterocycles. The Morgan fingerprint density at radius 3 is 2.07 bits per heavy atom. The molecule has 2 aromatic carbocycles. The first kappa shape index (κ1) is 25.3. The van der Waals surface area contributed by atoms with E-state index in [9.17, 15) is 0 Å². The van der Waals surface area contributed by atoms with Crippen LogP contribution in [0.1, 0.15) is 43.7 Å². The number of aryl methyl sites for hydroxylation is 2. The molecule has 0 heterocycles. The first-order valence-electron chi connectivity index (χ1n) is 11.3. The topological polar surface area (TPSA) is 18.5 Å². The van der Waals surface area contributed by atoms with Gasteiger partial charge in [0, 0.05) is 12.4 Å². The lowest BCUT2D eigenvalue weighted by molar-refractivity contribution is -0.0168. The van der Waals surface area contributed by atoms with Crippen molar-refractivity contribution in [1.29, 1.82) is 0 Å². The second kappa shape index (κ2) is 16.7. The molecule has 0 bridgehead atoms. The Hall–Kier alpha value is -0.940. The zero-order valence-corrected chi connectivity index (χ0v) is 20.1. The maximum Gasteiger partial charge on any atom is 0.0603 e. The van der Waals surface area contributed by atoms with Gasteiger partial charge < -0.3 is 9.47 Å². The van der Waals surface area contributed by atoms with Crippen molar-refractivity contribution in [2.75, 3.05) is 30.5 Å². The van der Waals surface area contributed by atoms with Gasteiger partial charge in [0.25, 0.3) is 0 Å². The summed E-state index contributed by atoms with van der Waals surface area (Å²) in [6.45, 7) is 3.76. The van der Waals surface area contributed by atoms with Crippen LogP contribution in [0.15, 0.2) is 60.7 Å². The van der Waals surface area contributed by atoms with Crippen LogP contribution in [-0.2, 0) is 22.3 Å². The second-order valence-corrected chi connectivity index (χ2v) is 9.25. The van der Waals surface area contributed by atoms with Crippen LogP contribution in [0.25, 0.3) is 0 Å². The third kappa shape index (κ3) is 11.5. The van der Waals surface area contributed by atoms with Crippen molar-refractivity contribution in [3.63, 3.8) is 0 Å². The van der Waals surface area contributed by atoms with Crippen LogP contribution in [-0.4, -0.2) is 42.7 Å². The summed E-state index contributed by atoms with van der Waals surface area (Å²) in [5, 5.41) is 0. The maximum absolute atomic E-state index is 6.21. The van der Waals surface area contributed by atoms with Gasteiger partial charge in [0.1, 0.15) is 0 Å². The molecular weight excluding hydrogens is 408 g/mol. The standard InChI is InChI=1S/C26H38O2S2/c1-2-25(27-17-9-20-30-21-16-24-12-7-4-8-13-24)22-26(28-18-19-29)15-14-23-10-5-3-6-11-23/h3-8,10-13,25-26,29H,2,9,14-22H2,1H3. The van der Waals surface area contributed by atoms with E-state index in [-0.39, 0.29) is 12.2 Å². The molecule has 4 heteroatoms. The van der Waals surface area contributed by atoms with Crippen molar-refractivity contribution in [1.82, 2.24) is 0 Å². The van der Waals surface area contributed by atoms with Gasteiger partial charge in [-0.1, -0.05) is 67.6 Å². The predicted octanol–water partition coefficient (Wildman–Crippen LogP) is 6.49. The zero-order valence-electron chi connectivity index (χ0n) is 18.4. The van der Waals surface area contributed by atoms with Crippen molar-refractivity contribution in [3.8, 4) is 0 Å². The van der Waals surface area contributed by atoms with Crippen LogP contribution in [0.4, 0.5) is 0 Å². The summed E-state index contributed by atoms with van der Waals surface area (Å²) < 4.78 is 12.3. The summed E-state index contributed by atoms with van der Waals surface area (Å²) >= 11 is 6.33. The van der Waals surface area contributed by atoms with E-state index in [0.717, 1.165) is 56.6 Å². The third-order valence-corrected chi connectivity index (χ3v) is 6.44. The first-order valence-corrected chi connectivity index (χ1v) is 13.1. The van der Waals surface area contributed by atoms with Crippen LogP contribution in [0, 0.1) is 0 Å². The molecule has 30 heavy (non-hydrogen) atoms. The molecule has 2 atom stereocenters. The van der Waals surface area contributed by atoms with Gasteiger partial charge in [-0.15, -0.1) is 0 Å². The van der Waals surface area contributed by atoms with Crippen molar-refractivity contribution in [2.24, 2.45) is 0 Å². The highest BCUT2D eigenvalue weighted by Crippen LogP contribution is 2.17. The Morgan fingerprint density at radius 1 is 0.800 bits per heavy atom. The minimum Gasteiger partial charge on any atom is -0.378 e. The van der Waals surface area contributed by atoms with Crippen molar-refractivity contribution >= 4 is 24.4 Å². The highest BCUT2D eigenvalue weighted by molar-refractivity contribution is 7.99. The number of rotatable bonds is 17. The van der Waals surface area contributed by atoms with E-state index in [4.69, 9.17) is 9.47 Å². The first-order chi connectivity index (χ1) is 14.8. The molecule has 0 N–H and O–H groups in total. The number of thiol groups is 1. The van der Waals surface area contributed by atoms with Crippen LogP contribution >= 0.6 is 24.4 Å². The van der Waals surface area contributed by atoms with E-state index in [1.807, 2.05) is 11.8 Å². The number of hydrogen-bond donors (Lipinski definition) is 1. The van der Waals surface area contributed by atoms with E-state index < -0.39 is 0 Å². The van der Waals surface area contributed by atoms with Crippen LogP contribution < -0.4 is 0 Å². The maximum atomic E-state index is 6.21. The monoisotopic (exact) mass is 446 g/mol. The highest BCUT2D eigenvalue weighted by Gasteiger charge is 2.16. The average Bonchev–Trinajstić information content (AvgIpc) is 2.80. The summed E-state index contributed by atoms with van der Waals surface area (Å²) in [5.41, 5.74) is 2.80. The van der Waals surface area contributed by atoms with Gasteiger partial charge in [-0.25, -0.2) is 0 Å². The second-order valence-electron chi connectivity index (χ2n) is 7.58. The Kier molecular flexibility index (Phi) is 14.1. The van der Waals surface area contributed by atoms with Gasteiger partial charge in [0.2, 0.25) is 0 Å². The van der Waals surface area contributed by atoms with Gasteiger partial charge in [0.15, 0.2) is 0 Å². The van der Waals surface area contributed by atoms with E-state index in [2.05, 4.69) is 80.2 Å². The SMILES string of the molecule is CCC(CC(CCc1ccccc1)OCCS)OCCCSCCc1ccccc1. The minimum atomic E-state index is 0.238. The Morgan fingerprint density at radius 2 is 1.43 bits per heavy atom. The quantitative estimate of drug-likeness (QED) is 0.221. The smallest absolute Gasteiger partial charge is 0.0603 e. The lowest BCUT2D eigenvalue weighted by atomic mass is 10.0. The minimum absolute atomic E-state index is 0.238. The van der Waals surface area contributed by atoms with E-state index >= 15 is 0 Å². The van der Waals surface area contributed by atoms with Gasteiger partial charge in [0.05, 0.1) is 18.8 Å². The fourth-order valence-electron chi connectivity index (χ4n) is 3.45. The molecular formula is C26H38O2S2. The Bertz CT molecular complexity index is 636. The molecule has 0 radical (unpaired) electrons. The summed E-state index contributed by atoms with van der Waals surface area (Å²) in [6.07, 6.45) is 6.87. The Balaban J connectivity index is 1.61. The molecule has 0 saturated carbocycles. The van der Waals surface area contributed by atoms with Gasteiger partial charge in [-0.3, -0.25) is 0 Å². The molecule has 0 aliphatic carbocycles. The average molecular weight is 447 g/mol. The van der Waals surface area contributed by atoms with Crippen molar-refractivity contribution < 1.29 is 9.47 Å². The van der Waals surface area contributed by atoms with Crippen LogP contribution in [0.5, 0.6) is 0 Å². The molecule has 0 fully saturated rings. The summed E-state index contributed by atoms with van der Waals surface area (Å²) in [4.78, 5) is 0. The Labute approximate surface area is 193 Å². The predicted molar refractivity (Wildman–Crippen MR) is 135 cm³/mol. The third-order valence-electron chi connectivity index (χ3n) is 5.19. The zero-order chi connectivity index (χ0) is 21.3. The number of thioether (sulfide) groups is 1. The summed E-state index contributed by atoms with van der Waals surface area (Å²) in [5.74, 6) is 3.11.